The van der Waals surface area contributed by atoms with E-state index in [0.29, 0.717) is 0 Å². The van der Waals surface area contributed by atoms with Crippen molar-refractivity contribution in [3.63, 3.8) is 0 Å². The molecule has 0 unspecified atom stereocenters. The molecule has 0 bridgehead atoms. The van der Waals surface area contributed by atoms with Gasteiger partial charge in [-0.15, -0.1) is 0 Å². The molecule has 1 aromatic rings. The van der Waals surface area contributed by atoms with Gasteiger partial charge in [0.1, 0.15) is 5.82 Å². The van der Waals surface area contributed by atoms with Crippen LogP contribution in [0.5, 0.6) is 0 Å². The summed E-state index contributed by atoms with van der Waals surface area (Å²) in [6.45, 7) is 1.90. The van der Waals surface area contributed by atoms with Gasteiger partial charge in [0.25, 0.3) is 0 Å². The van der Waals surface area contributed by atoms with E-state index in [1.807, 2.05) is 6.92 Å². The van der Waals surface area contributed by atoms with Gasteiger partial charge in [-0.3, -0.25) is 0 Å². The molecule has 13 heavy (non-hydrogen) atoms. The zero-order chi connectivity index (χ0) is 9.84. The molecule has 1 aromatic carbocycles. The van der Waals surface area contributed by atoms with Crippen molar-refractivity contribution < 1.29 is 13.2 Å². The lowest BCUT2D eigenvalue weighted by molar-refractivity contribution is 0.148. The van der Waals surface area contributed by atoms with Crippen molar-refractivity contribution in [1.29, 1.82) is 0 Å². The number of benzene rings is 1. The second kappa shape index (κ2) is 4.30. The number of aryl methyl sites for hydroxylation is 1. The van der Waals surface area contributed by atoms with Gasteiger partial charge < -0.3 is 0 Å². The summed E-state index contributed by atoms with van der Waals surface area (Å²) < 4.78 is 36.9. The van der Waals surface area contributed by atoms with E-state index in [0.717, 1.165) is 12.0 Å². The quantitative estimate of drug-likeness (QED) is 0.683. The minimum atomic E-state index is -2.48. The molecule has 0 amide bonds. The number of hydrogen-bond donors (Lipinski definition) is 0. The van der Waals surface area contributed by atoms with E-state index in [2.05, 4.69) is 0 Å². The topological polar surface area (TPSA) is 0 Å². The molecule has 0 atom stereocenters. The zero-order valence-electron chi connectivity index (χ0n) is 7.36. The lowest BCUT2D eigenvalue weighted by Gasteiger charge is -2.04. The van der Waals surface area contributed by atoms with Crippen LogP contribution in [0, 0.1) is 5.82 Å². The Bertz CT molecular complexity index is 281. The maximum Gasteiger partial charge on any atom is 0.242 e. The highest BCUT2D eigenvalue weighted by Crippen LogP contribution is 2.14. The third-order valence-corrected chi connectivity index (χ3v) is 1.89. The first-order valence-corrected chi connectivity index (χ1v) is 4.19. The summed E-state index contributed by atoms with van der Waals surface area (Å²) in [5.41, 5.74) is 0.992. The summed E-state index contributed by atoms with van der Waals surface area (Å²) in [7, 11) is 0. The Morgan fingerprint density at radius 1 is 1.31 bits per heavy atom. The molecule has 72 valence electrons. The molecule has 0 N–H and O–H groups in total. The van der Waals surface area contributed by atoms with E-state index >= 15 is 0 Å². The van der Waals surface area contributed by atoms with Crippen LogP contribution >= 0.6 is 0 Å². The van der Waals surface area contributed by atoms with Crippen molar-refractivity contribution in [2.24, 2.45) is 0 Å². The third-order valence-electron chi connectivity index (χ3n) is 1.89. The van der Waals surface area contributed by atoms with Crippen LogP contribution in [0.4, 0.5) is 13.2 Å². The van der Waals surface area contributed by atoms with Gasteiger partial charge in [-0.05, 0) is 23.6 Å². The molecule has 0 aliphatic rings. The van der Waals surface area contributed by atoms with E-state index in [1.54, 1.807) is 6.07 Å². The summed E-state index contributed by atoms with van der Waals surface area (Å²) in [6, 6.07) is 4.36. The third kappa shape index (κ3) is 2.76. The average Bonchev–Trinajstić information content (AvgIpc) is 2.08. The molecular weight excluding hydrogens is 177 g/mol. The van der Waals surface area contributed by atoms with Crippen LogP contribution in [-0.4, -0.2) is 6.43 Å². The van der Waals surface area contributed by atoms with Crippen LogP contribution < -0.4 is 0 Å². The fourth-order valence-electron chi connectivity index (χ4n) is 1.17. The maximum atomic E-state index is 12.9. The van der Waals surface area contributed by atoms with Gasteiger partial charge in [-0.25, -0.2) is 13.2 Å². The lowest BCUT2D eigenvalue weighted by atomic mass is 10.1. The Kier molecular flexibility index (Phi) is 3.34. The van der Waals surface area contributed by atoms with Crippen LogP contribution in [0.3, 0.4) is 0 Å². The van der Waals surface area contributed by atoms with E-state index in [4.69, 9.17) is 0 Å². The minimum absolute atomic E-state index is 0.106. The Labute approximate surface area is 75.4 Å². The molecule has 0 aliphatic heterocycles. The summed E-state index contributed by atoms with van der Waals surface area (Å²) >= 11 is 0. The van der Waals surface area contributed by atoms with Crippen LogP contribution in [0.15, 0.2) is 18.2 Å². The normalized spacial score (nSPS) is 10.8. The summed E-state index contributed by atoms with van der Waals surface area (Å²) in [5, 5.41) is 0. The van der Waals surface area contributed by atoms with Crippen LogP contribution in [-0.2, 0) is 12.8 Å². The molecule has 0 heterocycles. The molecule has 3 heteroatoms. The highest BCUT2D eigenvalue weighted by molar-refractivity contribution is 5.25. The van der Waals surface area contributed by atoms with Crippen LogP contribution in [0.1, 0.15) is 18.1 Å². The van der Waals surface area contributed by atoms with Gasteiger partial charge in [0.05, 0.1) is 0 Å². The smallest absolute Gasteiger partial charge is 0.210 e. The summed E-state index contributed by atoms with van der Waals surface area (Å²) in [6.07, 6.45) is -2.25. The summed E-state index contributed by atoms with van der Waals surface area (Å²) in [4.78, 5) is 0. The lowest BCUT2D eigenvalue weighted by Crippen LogP contribution is -2.00. The SMILES string of the molecule is CCc1ccc(F)c(CC(F)F)c1. The fourth-order valence-corrected chi connectivity index (χ4v) is 1.17. The molecule has 0 saturated heterocycles. The average molecular weight is 188 g/mol. The Balaban J connectivity index is 2.90. The first-order valence-electron chi connectivity index (χ1n) is 4.19. The molecule has 0 aromatic heterocycles. The molecule has 0 nitrogen and oxygen atoms in total. The predicted molar refractivity (Wildman–Crippen MR) is 45.5 cm³/mol. The van der Waals surface area contributed by atoms with Gasteiger partial charge in [0, 0.05) is 6.42 Å². The van der Waals surface area contributed by atoms with Gasteiger partial charge in [0.15, 0.2) is 0 Å². The van der Waals surface area contributed by atoms with Crippen molar-refractivity contribution in [2.45, 2.75) is 26.2 Å². The minimum Gasteiger partial charge on any atom is -0.210 e. The van der Waals surface area contributed by atoms with Crippen LogP contribution in [0.2, 0.25) is 0 Å². The molecule has 0 radical (unpaired) electrons. The molecule has 0 fully saturated rings. The van der Waals surface area contributed by atoms with Crippen molar-refractivity contribution >= 4 is 0 Å². The zero-order valence-corrected chi connectivity index (χ0v) is 7.36. The Morgan fingerprint density at radius 3 is 2.54 bits per heavy atom. The Hall–Kier alpha value is -0.990. The van der Waals surface area contributed by atoms with E-state index in [9.17, 15) is 13.2 Å². The molecule has 0 saturated carbocycles. The van der Waals surface area contributed by atoms with Gasteiger partial charge in [0.2, 0.25) is 6.43 Å². The number of rotatable bonds is 3. The number of hydrogen-bond acceptors (Lipinski definition) is 0. The fraction of sp³-hybridized carbons (Fsp3) is 0.400. The Morgan fingerprint density at radius 2 is 2.00 bits per heavy atom. The van der Waals surface area contributed by atoms with Crippen LogP contribution in [0.25, 0.3) is 0 Å². The first kappa shape index (κ1) is 10.1. The molecule has 0 aliphatic carbocycles. The van der Waals surface area contributed by atoms with E-state index < -0.39 is 18.7 Å². The molecule has 1 rings (SSSR count). The molecular formula is C10H11F3. The monoisotopic (exact) mass is 188 g/mol. The summed E-state index contributed by atoms with van der Waals surface area (Å²) in [5.74, 6) is -0.544. The second-order valence-electron chi connectivity index (χ2n) is 2.87. The van der Waals surface area contributed by atoms with E-state index in [-0.39, 0.29) is 5.56 Å². The standard InChI is InChI=1S/C10H11F3/c1-2-7-3-4-9(11)8(5-7)6-10(12)13/h3-5,10H,2,6H2,1H3. The number of halogens is 3. The van der Waals surface area contributed by atoms with Gasteiger partial charge in [-0.2, -0.15) is 0 Å². The second-order valence-corrected chi connectivity index (χ2v) is 2.87. The largest absolute Gasteiger partial charge is 0.242 e. The molecule has 0 spiro atoms. The van der Waals surface area contributed by atoms with Crippen molar-refractivity contribution in [2.75, 3.05) is 0 Å². The predicted octanol–water partition coefficient (Wildman–Crippen LogP) is 3.20. The maximum absolute atomic E-state index is 12.9. The van der Waals surface area contributed by atoms with Crippen molar-refractivity contribution in [1.82, 2.24) is 0 Å². The van der Waals surface area contributed by atoms with Crippen molar-refractivity contribution in [3.8, 4) is 0 Å². The highest BCUT2D eigenvalue weighted by Gasteiger charge is 2.09. The number of alkyl halides is 2. The van der Waals surface area contributed by atoms with Crippen molar-refractivity contribution in [3.05, 3.63) is 35.1 Å². The highest BCUT2D eigenvalue weighted by atomic mass is 19.3. The first-order chi connectivity index (χ1) is 6.13. The van der Waals surface area contributed by atoms with Gasteiger partial charge in [-0.1, -0.05) is 19.1 Å². The van der Waals surface area contributed by atoms with E-state index in [1.165, 1.54) is 12.1 Å². The van der Waals surface area contributed by atoms with Gasteiger partial charge >= 0.3 is 0 Å².